The highest BCUT2D eigenvalue weighted by Gasteiger charge is 2.38. The number of nitrogens with one attached hydrogen (secondary N) is 1. The van der Waals surface area contributed by atoms with Gasteiger partial charge in [0.1, 0.15) is 18.1 Å². The lowest BCUT2D eigenvalue weighted by molar-refractivity contribution is -0.114. The van der Waals surface area contributed by atoms with Crippen molar-refractivity contribution in [2.24, 2.45) is 5.11 Å². The number of ether oxygens (including phenoxy) is 2. The summed E-state index contributed by atoms with van der Waals surface area (Å²) in [5, 5.41) is 6.12. The quantitative estimate of drug-likeness (QED) is 0.301. The van der Waals surface area contributed by atoms with Gasteiger partial charge in [-0.05, 0) is 29.6 Å². The van der Waals surface area contributed by atoms with Crippen LogP contribution in [0, 0.1) is 0 Å². The largest absolute Gasteiger partial charge is 0.456 e. The predicted molar refractivity (Wildman–Crippen MR) is 115 cm³/mol. The van der Waals surface area contributed by atoms with Gasteiger partial charge in [0, 0.05) is 24.5 Å². The van der Waals surface area contributed by atoms with E-state index in [0.29, 0.717) is 17.5 Å². The van der Waals surface area contributed by atoms with Gasteiger partial charge in [-0.3, -0.25) is 9.36 Å². The second-order valence-electron chi connectivity index (χ2n) is 7.37. The van der Waals surface area contributed by atoms with E-state index in [1.54, 1.807) is 31.2 Å². The molecular weight excluding hydrogens is 416 g/mol. The summed E-state index contributed by atoms with van der Waals surface area (Å²) in [6, 6.07) is 7.75. The molecule has 11 nitrogen and oxygen atoms in total. The lowest BCUT2D eigenvalue weighted by atomic mass is 10.0. The Bertz CT molecular complexity index is 1110. The van der Waals surface area contributed by atoms with Crippen LogP contribution in [-0.4, -0.2) is 33.6 Å². The van der Waals surface area contributed by atoms with Gasteiger partial charge in [0.05, 0.1) is 17.7 Å². The molecule has 1 aromatic heterocycles. The molecular formula is C21H24N6O5. The first kappa shape index (κ1) is 23.0. The van der Waals surface area contributed by atoms with Gasteiger partial charge >= 0.3 is 11.7 Å². The van der Waals surface area contributed by atoms with Crippen LogP contribution in [0.2, 0.25) is 0 Å². The molecule has 3 rings (SSSR count). The molecule has 0 radical (unpaired) electrons. The number of hydrogen-bond donors (Lipinski definition) is 1. The molecule has 1 aromatic carbocycles. The van der Waals surface area contributed by atoms with Crippen LogP contribution < -0.4 is 11.0 Å². The van der Waals surface area contributed by atoms with Gasteiger partial charge in [0.15, 0.2) is 0 Å². The van der Waals surface area contributed by atoms with Gasteiger partial charge in [-0.25, -0.2) is 9.59 Å². The van der Waals surface area contributed by atoms with Gasteiger partial charge < -0.3 is 14.8 Å². The Balaban J connectivity index is 1.78. The zero-order valence-corrected chi connectivity index (χ0v) is 18.0. The number of carbonyl (C=O) groups excluding carboxylic acids is 2. The average molecular weight is 440 g/mol. The van der Waals surface area contributed by atoms with Gasteiger partial charge in [-0.1, -0.05) is 37.2 Å². The molecule has 0 aliphatic carbocycles. The molecule has 0 saturated carbocycles. The first-order valence-corrected chi connectivity index (χ1v) is 10.2. The molecule has 0 spiro atoms. The van der Waals surface area contributed by atoms with Gasteiger partial charge in [0.2, 0.25) is 5.91 Å². The Kier molecular flexibility index (Phi) is 7.24. The third kappa shape index (κ3) is 5.13. The summed E-state index contributed by atoms with van der Waals surface area (Å²) in [4.78, 5) is 43.1. The number of esters is 1. The zero-order valence-electron chi connectivity index (χ0n) is 18.0. The number of aromatic nitrogens is 2. The van der Waals surface area contributed by atoms with E-state index in [9.17, 15) is 14.4 Å². The number of rotatable bonds is 7. The van der Waals surface area contributed by atoms with E-state index < -0.39 is 36.1 Å². The van der Waals surface area contributed by atoms with Crippen molar-refractivity contribution >= 4 is 17.7 Å². The lowest BCUT2D eigenvalue weighted by Crippen LogP contribution is -2.28. The number of azide groups is 1. The molecule has 2 heterocycles. The minimum Gasteiger partial charge on any atom is -0.456 e. The van der Waals surface area contributed by atoms with Gasteiger partial charge in [-0.15, -0.1) is 0 Å². The van der Waals surface area contributed by atoms with Crippen molar-refractivity contribution in [3.05, 3.63) is 68.6 Å². The fourth-order valence-corrected chi connectivity index (χ4v) is 3.63. The van der Waals surface area contributed by atoms with Crippen molar-refractivity contribution in [2.75, 3.05) is 5.32 Å². The Hall–Kier alpha value is -3.69. The van der Waals surface area contributed by atoms with Crippen LogP contribution in [0.5, 0.6) is 0 Å². The van der Waals surface area contributed by atoms with Crippen molar-refractivity contribution in [1.82, 2.24) is 9.55 Å². The van der Waals surface area contributed by atoms with E-state index in [2.05, 4.69) is 20.3 Å². The zero-order chi connectivity index (χ0) is 23.3. The van der Waals surface area contributed by atoms with Crippen molar-refractivity contribution in [2.45, 2.75) is 58.1 Å². The molecule has 0 bridgehead atoms. The highest BCUT2D eigenvalue weighted by atomic mass is 16.6. The van der Waals surface area contributed by atoms with Crippen LogP contribution >= 0.6 is 0 Å². The summed E-state index contributed by atoms with van der Waals surface area (Å²) in [7, 11) is 0. The Morgan fingerprint density at radius 3 is 2.81 bits per heavy atom. The number of anilines is 1. The summed E-state index contributed by atoms with van der Waals surface area (Å²) < 4.78 is 13.0. The van der Waals surface area contributed by atoms with Crippen LogP contribution in [0.25, 0.3) is 10.4 Å². The van der Waals surface area contributed by atoms with E-state index in [-0.39, 0.29) is 18.1 Å². The second kappa shape index (κ2) is 10.1. The van der Waals surface area contributed by atoms with Crippen LogP contribution in [-0.2, 0) is 14.3 Å². The standard InChI is InChI=1S/C21H24N6O5/c1-4-16-17(32-20(29)15-8-6-5-7-14(15)12(2)25-26-22)11-19(31-16)27-10-9-18(23-13(3)28)24-21(27)30/h5-10,12,16-17,19H,4,11H2,1-3H3,(H,23,24,28,30)/t12?,16-,17-,19-/m1/s1. The molecule has 168 valence electrons. The summed E-state index contributed by atoms with van der Waals surface area (Å²) in [6.07, 6.45) is 0.659. The molecule has 4 atom stereocenters. The maximum Gasteiger partial charge on any atom is 0.351 e. The number of hydrogen-bond acceptors (Lipinski definition) is 7. The molecule has 1 fully saturated rings. The van der Waals surface area contributed by atoms with Crippen molar-refractivity contribution in [1.29, 1.82) is 0 Å². The highest BCUT2D eigenvalue weighted by Crippen LogP contribution is 2.33. The van der Waals surface area contributed by atoms with Crippen LogP contribution in [0.3, 0.4) is 0 Å². The first-order valence-electron chi connectivity index (χ1n) is 10.2. The Labute approximate surface area is 184 Å². The highest BCUT2D eigenvalue weighted by molar-refractivity contribution is 5.91. The summed E-state index contributed by atoms with van der Waals surface area (Å²) >= 11 is 0. The molecule has 1 saturated heterocycles. The summed E-state index contributed by atoms with van der Waals surface area (Å²) in [6.45, 7) is 4.91. The summed E-state index contributed by atoms with van der Waals surface area (Å²) in [5.74, 6) is -0.739. The maximum atomic E-state index is 12.9. The maximum absolute atomic E-state index is 12.9. The fraction of sp³-hybridized carbons (Fsp3) is 0.429. The molecule has 11 heteroatoms. The molecule has 1 N–H and O–H groups in total. The predicted octanol–water partition coefficient (Wildman–Crippen LogP) is 3.50. The van der Waals surface area contributed by atoms with Crippen LogP contribution in [0.1, 0.15) is 61.8 Å². The third-order valence-corrected chi connectivity index (χ3v) is 5.14. The third-order valence-electron chi connectivity index (χ3n) is 5.14. The SMILES string of the molecule is CC[C@H]1O[C@@H](n2ccc(NC(C)=O)nc2=O)C[C@H]1OC(=O)c1ccccc1C(C)N=[N+]=[N-]. The Morgan fingerprint density at radius 1 is 1.41 bits per heavy atom. The smallest absolute Gasteiger partial charge is 0.351 e. The van der Waals surface area contributed by atoms with Crippen LogP contribution in [0.4, 0.5) is 5.82 Å². The van der Waals surface area contributed by atoms with E-state index in [1.165, 1.54) is 23.8 Å². The topological polar surface area (TPSA) is 148 Å². The van der Waals surface area contributed by atoms with Gasteiger partial charge in [0.25, 0.3) is 0 Å². The van der Waals surface area contributed by atoms with Crippen molar-refractivity contribution in [3.8, 4) is 0 Å². The minimum absolute atomic E-state index is 0.150. The number of nitrogens with zero attached hydrogens (tertiary/aromatic N) is 5. The Morgan fingerprint density at radius 2 is 2.16 bits per heavy atom. The van der Waals surface area contributed by atoms with Gasteiger partial charge in [-0.2, -0.15) is 4.98 Å². The first-order chi connectivity index (χ1) is 15.3. The van der Waals surface area contributed by atoms with Crippen molar-refractivity contribution < 1.29 is 19.1 Å². The summed E-state index contributed by atoms with van der Waals surface area (Å²) in [5.41, 5.74) is 9.00. The lowest BCUT2D eigenvalue weighted by Gasteiger charge is -2.18. The van der Waals surface area contributed by atoms with E-state index >= 15 is 0 Å². The van der Waals surface area contributed by atoms with Crippen molar-refractivity contribution in [3.63, 3.8) is 0 Å². The molecule has 32 heavy (non-hydrogen) atoms. The van der Waals surface area contributed by atoms with E-state index in [1.807, 2.05) is 6.92 Å². The normalized spacial score (nSPS) is 20.8. The number of carbonyl (C=O) groups is 2. The number of amides is 1. The average Bonchev–Trinajstić information content (AvgIpc) is 3.16. The molecule has 1 aliphatic heterocycles. The van der Waals surface area contributed by atoms with E-state index in [4.69, 9.17) is 15.0 Å². The molecule has 2 aromatic rings. The molecule has 1 aliphatic rings. The van der Waals surface area contributed by atoms with Crippen LogP contribution in [0.15, 0.2) is 46.4 Å². The fourth-order valence-electron chi connectivity index (χ4n) is 3.63. The monoisotopic (exact) mass is 440 g/mol. The second-order valence-corrected chi connectivity index (χ2v) is 7.37. The van der Waals surface area contributed by atoms with E-state index in [0.717, 1.165) is 0 Å². The molecule has 1 unspecified atom stereocenters. The minimum atomic E-state index is -0.665. The molecule has 1 amide bonds. The number of benzene rings is 1.